The minimum absolute atomic E-state index is 0.0315. The summed E-state index contributed by atoms with van der Waals surface area (Å²) in [6.45, 7) is 11.5. The van der Waals surface area contributed by atoms with Gasteiger partial charge in [-0.05, 0) is 31.5 Å². The Morgan fingerprint density at radius 3 is 2.44 bits per heavy atom. The third-order valence-corrected chi connectivity index (χ3v) is 2.99. The number of hydrogen-bond donors (Lipinski definition) is 2. The normalized spacial score (nSPS) is 8.92. The second-order valence-electron chi connectivity index (χ2n) is 4.43. The molecule has 1 aromatic carbocycles. The van der Waals surface area contributed by atoms with Gasteiger partial charge in [-0.1, -0.05) is 39.5 Å². The molecule has 0 aliphatic rings. The summed E-state index contributed by atoms with van der Waals surface area (Å²) >= 11 is 0. The number of carbonyl (C=O) groups is 1. The zero-order valence-corrected chi connectivity index (χ0v) is 15.8. The molecule has 0 fully saturated rings. The second kappa shape index (κ2) is 11.9. The third kappa shape index (κ3) is 5.77. The molecule has 0 unspecified atom stereocenters. The molecule has 1 aromatic heterocycles. The Bertz CT molecular complexity index is 810. The summed E-state index contributed by atoms with van der Waals surface area (Å²) in [5.41, 5.74) is 1.68. The van der Waals surface area contributed by atoms with Crippen LogP contribution in [-0.4, -0.2) is 29.3 Å². The second-order valence-corrected chi connectivity index (χ2v) is 4.43. The largest absolute Gasteiger partial charge is 0.462 e. The number of aliphatic hydroxyl groups excluding tert-OH is 1. The number of esters is 1. The number of carbonyl (C=O) groups excluding carboxylic acids is 1. The Hall–Kier alpha value is -2.58. The SMILES string of the molecule is CC.CC.CCOC(=O)c1c[nH]c2c(C)cc(C#CCO)cc2c1=O. The Labute approximate surface area is 149 Å². The molecule has 0 aliphatic heterocycles. The van der Waals surface area contributed by atoms with Crippen LogP contribution in [0.3, 0.4) is 0 Å². The van der Waals surface area contributed by atoms with E-state index in [1.165, 1.54) is 6.20 Å². The van der Waals surface area contributed by atoms with Gasteiger partial charge < -0.3 is 14.8 Å². The van der Waals surface area contributed by atoms with Crippen LogP contribution in [0.15, 0.2) is 23.1 Å². The first kappa shape index (κ1) is 22.4. The van der Waals surface area contributed by atoms with Crippen molar-refractivity contribution in [1.29, 1.82) is 0 Å². The van der Waals surface area contributed by atoms with E-state index in [0.717, 1.165) is 5.56 Å². The molecule has 0 saturated heterocycles. The zero-order valence-electron chi connectivity index (χ0n) is 15.8. The summed E-state index contributed by atoms with van der Waals surface area (Å²) in [6, 6.07) is 3.41. The highest BCUT2D eigenvalue weighted by Crippen LogP contribution is 2.16. The lowest BCUT2D eigenvalue weighted by Crippen LogP contribution is -2.18. The van der Waals surface area contributed by atoms with Crippen molar-refractivity contribution in [2.75, 3.05) is 13.2 Å². The zero-order chi connectivity index (χ0) is 19.4. The predicted molar refractivity (Wildman–Crippen MR) is 102 cm³/mol. The van der Waals surface area contributed by atoms with Gasteiger partial charge >= 0.3 is 5.97 Å². The summed E-state index contributed by atoms with van der Waals surface area (Å²) in [5, 5.41) is 9.12. The summed E-state index contributed by atoms with van der Waals surface area (Å²) in [6.07, 6.45) is 1.37. The fourth-order valence-corrected chi connectivity index (χ4v) is 2.09. The van der Waals surface area contributed by atoms with Crippen molar-refractivity contribution in [2.45, 2.75) is 41.5 Å². The molecule has 25 heavy (non-hydrogen) atoms. The number of nitrogens with one attached hydrogen (secondary N) is 1. The molecule has 0 bridgehead atoms. The monoisotopic (exact) mass is 345 g/mol. The number of rotatable bonds is 2. The number of aromatic nitrogens is 1. The van der Waals surface area contributed by atoms with Crippen LogP contribution in [0.2, 0.25) is 0 Å². The van der Waals surface area contributed by atoms with Gasteiger partial charge in [-0.15, -0.1) is 0 Å². The van der Waals surface area contributed by atoms with Crippen molar-refractivity contribution in [3.63, 3.8) is 0 Å². The maximum atomic E-state index is 12.4. The fraction of sp³-hybridized carbons (Fsp3) is 0.400. The molecule has 0 aliphatic carbocycles. The number of pyridine rings is 1. The van der Waals surface area contributed by atoms with Gasteiger partial charge in [0.2, 0.25) is 5.43 Å². The van der Waals surface area contributed by atoms with Crippen LogP contribution in [0.5, 0.6) is 0 Å². The molecule has 0 atom stereocenters. The lowest BCUT2D eigenvalue weighted by molar-refractivity contribution is 0.0524. The molecule has 136 valence electrons. The van der Waals surface area contributed by atoms with E-state index >= 15 is 0 Å². The summed E-state index contributed by atoms with van der Waals surface area (Å²) in [5.74, 6) is 4.65. The van der Waals surface area contributed by atoms with Crippen LogP contribution >= 0.6 is 0 Å². The minimum Gasteiger partial charge on any atom is -0.462 e. The van der Waals surface area contributed by atoms with Crippen LogP contribution in [0, 0.1) is 18.8 Å². The summed E-state index contributed by atoms with van der Waals surface area (Å²) in [4.78, 5) is 27.1. The predicted octanol–water partition coefficient (Wildman–Crippen LogP) is 3.41. The third-order valence-electron chi connectivity index (χ3n) is 2.99. The van der Waals surface area contributed by atoms with E-state index < -0.39 is 11.4 Å². The fourth-order valence-electron chi connectivity index (χ4n) is 2.09. The molecular weight excluding hydrogens is 318 g/mol. The highest BCUT2D eigenvalue weighted by atomic mass is 16.5. The van der Waals surface area contributed by atoms with E-state index in [2.05, 4.69) is 16.8 Å². The molecular formula is C20H27NO4. The molecule has 2 rings (SSSR count). The highest BCUT2D eigenvalue weighted by molar-refractivity contribution is 5.94. The number of fused-ring (bicyclic) bond motifs is 1. The van der Waals surface area contributed by atoms with Crippen molar-refractivity contribution in [3.05, 3.63) is 45.2 Å². The van der Waals surface area contributed by atoms with E-state index in [-0.39, 0.29) is 18.8 Å². The lowest BCUT2D eigenvalue weighted by atomic mass is 10.0. The van der Waals surface area contributed by atoms with Gasteiger partial charge in [-0.2, -0.15) is 0 Å². The standard InChI is InChI=1S/C16H15NO4.2C2H6/c1-3-21-16(20)13-9-17-14-10(2)7-11(5-4-6-18)8-12(14)15(13)19;2*1-2/h7-9,18H,3,6H2,1-2H3,(H,17,19);2*1-2H3. The first-order chi connectivity index (χ1) is 12.1. The molecule has 1 heterocycles. The average Bonchev–Trinajstić information content (AvgIpc) is 2.64. The van der Waals surface area contributed by atoms with Crippen molar-refractivity contribution < 1.29 is 14.6 Å². The van der Waals surface area contributed by atoms with Gasteiger partial charge in [0.1, 0.15) is 12.2 Å². The molecule has 0 radical (unpaired) electrons. The van der Waals surface area contributed by atoms with Gasteiger partial charge in [0, 0.05) is 17.1 Å². The summed E-state index contributed by atoms with van der Waals surface area (Å²) in [7, 11) is 0. The Morgan fingerprint density at radius 2 is 1.88 bits per heavy atom. The molecule has 0 saturated carbocycles. The Balaban J connectivity index is 0.00000134. The number of H-pyrrole nitrogens is 1. The summed E-state index contributed by atoms with van der Waals surface area (Å²) < 4.78 is 4.86. The number of aryl methyl sites for hydroxylation is 1. The van der Waals surface area contributed by atoms with Gasteiger partial charge in [-0.25, -0.2) is 4.79 Å². The van der Waals surface area contributed by atoms with Crippen LogP contribution < -0.4 is 5.43 Å². The van der Waals surface area contributed by atoms with E-state index in [4.69, 9.17) is 9.84 Å². The topological polar surface area (TPSA) is 79.4 Å². The van der Waals surface area contributed by atoms with Gasteiger partial charge in [-0.3, -0.25) is 4.79 Å². The molecule has 0 amide bonds. The van der Waals surface area contributed by atoms with Crippen molar-refractivity contribution in [2.24, 2.45) is 0 Å². The first-order valence-electron chi connectivity index (χ1n) is 8.51. The van der Waals surface area contributed by atoms with Gasteiger partial charge in [0.25, 0.3) is 0 Å². The van der Waals surface area contributed by atoms with Crippen LogP contribution in [0.1, 0.15) is 56.1 Å². The minimum atomic E-state index is -0.648. The van der Waals surface area contributed by atoms with Crippen molar-refractivity contribution in [1.82, 2.24) is 4.98 Å². The maximum absolute atomic E-state index is 12.4. The van der Waals surface area contributed by atoms with Crippen molar-refractivity contribution in [3.8, 4) is 11.8 Å². The van der Waals surface area contributed by atoms with Gasteiger partial charge in [0.05, 0.1) is 12.1 Å². The van der Waals surface area contributed by atoms with E-state index in [1.807, 2.05) is 40.7 Å². The lowest BCUT2D eigenvalue weighted by Gasteiger charge is -2.06. The van der Waals surface area contributed by atoms with E-state index in [1.54, 1.807) is 13.0 Å². The van der Waals surface area contributed by atoms with Crippen LogP contribution in [0.4, 0.5) is 0 Å². The first-order valence-corrected chi connectivity index (χ1v) is 8.51. The number of benzene rings is 1. The van der Waals surface area contributed by atoms with E-state index in [0.29, 0.717) is 16.5 Å². The molecule has 5 nitrogen and oxygen atoms in total. The molecule has 2 aromatic rings. The number of ether oxygens (including phenoxy) is 1. The van der Waals surface area contributed by atoms with Crippen LogP contribution in [0.25, 0.3) is 10.9 Å². The number of aromatic amines is 1. The van der Waals surface area contributed by atoms with E-state index in [9.17, 15) is 9.59 Å². The quantitative estimate of drug-likeness (QED) is 0.646. The molecule has 2 N–H and O–H groups in total. The Morgan fingerprint density at radius 1 is 1.24 bits per heavy atom. The molecule has 5 heteroatoms. The smallest absolute Gasteiger partial charge is 0.343 e. The number of hydrogen-bond acceptors (Lipinski definition) is 4. The van der Waals surface area contributed by atoms with Crippen molar-refractivity contribution >= 4 is 16.9 Å². The molecule has 0 spiro atoms. The highest BCUT2D eigenvalue weighted by Gasteiger charge is 2.15. The van der Waals surface area contributed by atoms with Gasteiger partial charge in [0.15, 0.2) is 0 Å². The maximum Gasteiger partial charge on any atom is 0.343 e. The number of aliphatic hydroxyl groups is 1. The Kier molecular flexibility index (Phi) is 10.7. The average molecular weight is 345 g/mol. The van der Waals surface area contributed by atoms with Crippen LogP contribution in [-0.2, 0) is 4.74 Å².